The molecule has 2 rings (SSSR count). The van der Waals surface area contributed by atoms with Crippen molar-refractivity contribution in [2.45, 2.75) is 13.2 Å². The molecule has 0 amide bonds. The number of hydrogen-bond acceptors (Lipinski definition) is 2. The van der Waals surface area contributed by atoms with E-state index in [0.717, 1.165) is 15.6 Å². The van der Waals surface area contributed by atoms with E-state index in [1.165, 1.54) is 12.1 Å². The maximum atomic E-state index is 13.1. The lowest BCUT2D eigenvalue weighted by Crippen LogP contribution is -1.95. The molecule has 19 heavy (non-hydrogen) atoms. The highest BCUT2D eigenvalue weighted by Gasteiger charge is 2.03. The fourth-order valence-electron chi connectivity index (χ4n) is 1.62. The van der Waals surface area contributed by atoms with Crippen molar-refractivity contribution in [2.75, 3.05) is 0 Å². The van der Waals surface area contributed by atoms with E-state index in [1.54, 1.807) is 6.07 Å². The molecule has 0 fully saturated rings. The second kappa shape index (κ2) is 6.46. The van der Waals surface area contributed by atoms with Crippen LogP contribution in [0, 0.1) is 17.1 Å². The summed E-state index contributed by atoms with van der Waals surface area (Å²) in [6.07, 6.45) is 0. The standard InChI is InChI=1S/C15H11BrFNO/c16-14-4-1-11(2-5-14)9-19-10-12-3-6-15(17)13(7-12)8-18/h1-7H,9-10H2. The summed E-state index contributed by atoms with van der Waals surface area (Å²) in [4.78, 5) is 0. The molecule has 2 aromatic carbocycles. The third kappa shape index (κ3) is 3.88. The Morgan fingerprint density at radius 3 is 2.37 bits per heavy atom. The van der Waals surface area contributed by atoms with Crippen LogP contribution in [0.25, 0.3) is 0 Å². The lowest BCUT2D eigenvalue weighted by Gasteiger charge is -2.05. The predicted octanol–water partition coefficient (Wildman–Crippen LogP) is 4.18. The summed E-state index contributed by atoms with van der Waals surface area (Å²) in [6.45, 7) is 0.831. The van der Waals surface area contributed by atoms with Gasteiger partial charge in [-0.2, -0.15) is 5.26 Å². The number of nitrogens with zero attached hydrogens (tertiary/aromatic N) is 1. The van der Waals surface area contributed by atoms with Crippen LogP contribution in [0.15, 0.2) is 46.9 Å². The maximum absolute atomic E-state index is 13.1. The van der Waals surface area contributed by atoms with Crippen LogP contribution >= 0.6 is 15.9 Å². The molecule has 0 heterocycles. The molecule has 0 spiro atoms. The molecular formula is C15H11BrFNO. The molecule has 2 aromatic rings. The van der Waals surface area contributed by atoms with Gasteiger partial charge in [-0.05, 0) is 35.4 Å². The van der Waals surface area contributed by atoms with Crippen molar-refractivity contribution in [3.63, 3.8) is 0 Å². The summed E-state index contributed by atoms with van der Waals surface area (Å²) in [5.41, 5.74) is 1.89. The van der Waals surface area contributed by atoms with Crippen LogP contribution in [0.5, 0.6) is 0 Å². The maximum Gasteiger partial charge on any atom is 0.140 e. The van der Waals surface area contributed by atoms with Crippen molar-refractivity contribution in [2.24, 2.45) is 0 Å². The molecule has 0 N–H and O–H groups in total. The highest BCUT2D eigenvalue weighted by Crippen LogP contribution is 2.13. The zero-order valence-electron chi connectivity index (χ0n) is 10.1. The van der Waals surface area contributed by atoms with Gasteiger partial charge in [-0.25, -0.2) is 4.39 Å². The van der Waals surface area contributed by atoms with Crippen LogP contribution in [-0.4, -0.2) is 0 Å². The lowest BCUT2D eigenvalue weighted by molar-refractivity contribution is 0.107. The summed E-state index contributed by atoms with van der Waals surface area (Å²) in [7, 11) is 0. The van der Waals surface area contributed by atoms with Gasteiger partial charge in [0.2, 0.25) is 0 Å². The highest BCUT2D eigenvalue weighted by molar-refractivity contribution is 9.10. The van der Waals surface area contributed by atoms with E-state index in [0.29, 0.717) is 13.2 Å². The van der Waals surface area contributed by atoms with Crippen LogP contribution in [0.1, 0.15) is 16.7 Å². The lowest BCUT2D eigenvalue weighted by atomic mass is 10.1. The molecule has 96 valence electrons. The monoisotopic (exact) mass is 319 g/mol. The van der Waals surface area contributed by atoms with E-state index in [2.05, 4.69) is 15.9 Å². The van der Waals surface area contributed by atoms with E-state index < -0.39 is 5.82 Å². The molecule has 0 aromatic heterocycles. The Kier molecular flexibility index (Phi) is 4.67. The normalized spacial score (nSPS) is 10.2. The van der Waals surface area contributed by atoms with Crippen LogP contribution < -0.4 is 0 Å². The van der Waals surface area contributed by atoms with Gasteiger partial charge in [0.05, 0.1) is 18.8 Å². The van der Waals surface area contributed by atoms with Gasteiger partial charge in [-0.3, -0.25) is 0 Å². The van der Waals surface area contributed by atoms with E-state index in [4.69, 9.17) is 10.00 Å². The van der Waals surface area contributed by atoms with Gasteiger partial charge >= 0.3 is 0 Å². The van der Waals surface area contributed by atoms with E-state index in [-0.39, 0.29) is 5.56 Å². The van der Waals surface area contributed by atoms with Crippen molar-refractivity contribution < 1.29 is 9.13 Å². The van der Waals surface area contributed by atoms with Crippen molar-refractivity contribution in [3.05, 3.63) is 69.4 Å². The number of hydrogen-bond donors (Lipinski definition) is 0. The Hall–Kier alpha value is -1.70. The molecule has 0 aliphatic rings. The molecule has 4 heteroatoms. The fraction of sp³-hybridized carbons (Fsp3) is 0.133. The predicted molar refractivity (Wildman–Crippen MR) is 73.8 cm³/mol. The fourth-order valence-corrected chi connectivity index (χ4v) is 1.88. The van der Waals surface area contributed by atoms with Gasteiger partial charge in [0.15, 0.2) is 0 Å². The van der Waals surface area contributed by atoms with Gasteiger partial charge in [-0.15, -0.1) is 0 Å². The molecule has 0 unspecified atom stereocenters. The summed E-state index contributed by atoms with van der Waals surface area (Å²) < 4.78 is 19.7. The molecule has 0 bridgehead atoms. The average molecular weight is 320 g/mol. The van der Waals surface area contributed by atoms with E-state index in [1.807, 2.05) is 30.3 Å². The summed E-state index contributed by atoms with van der Waals surface area (Å²) in [6, 6.07) is 14.1. The van der Waals surface area contributed by atoms with Gasteiger partial charge in [-0.1, -0.05) is 34.1 Å². The largest absolute Gasteiger partial charge is 0.372 e. The first-order chi connectivity index (χ1) is 9.19. The van der Waals surface area contributed by atoms with Gasteiger partial charge in [0, 0.05) is 4.47 Å². The molecule has 0 aliphatic carbocycles. The van der Waals surface area contributed by atoms with Crippen LogP contribution in [0.2, 0.25) is 0 Å². The minimum absolute atomic E-state index is 0.0461. The smallest absolute Gasteiger partial charge is 0.140 e. The van der Waals surface area contributed by atoms with Crippen LogP contribution in [-0.2, 0) is 18.0 Å². The molecular weight excluding hydrogens is 309 g/mol. The second-order valence-electron chi connectivity index (χ2n) is 4.05. The number of rotatable bonds is 4. The number of nitriles is 1. The Bertz CT molecular complexity index is 605. The summed E-state index contributed by atoms with van der Waals surface area (Å²) in [5, 5.41) is 8.74. The quantitative estimate of drug-likeness (QED) is 0.847. The van der Waals surface area contributed by atoms with Crippen molar-refractivity contribution in [3.8, 4) is 6.07 Å². The first-order valence-corrected chi connectivity index (χ1v) is 6.49. The van der Waals surface area contributed by atoms with Crippen molar-refractivity contribution >= 4 is 15.9 Å². The molecule has 2 nitrogen and oxygen atoms in total. The first-order valence-electron chi connectivity index (χ1n) is 5.70. The van der Waals surface area contributed by atoms with Crippen LogP contribution in [0.4, 0.5) is 4.39 Å². The van der Waals surface area contributed by atoms with E-state index in [9.17, 15) is 4.39 Å². The Morgan fingerprint density at radius 1 is 1.05 bits per heavy atom. The minimum Gasteiger partial charge on any atom is -0.372 e. The Morgan fingerprint density at radius 2 is 1.68 bits per heavy atom. The Balaban J connectivity index is 1.92. The van der Waals surface area contributed by atoms with Gasteiger partial charge in [0.1, 0.15) is 11.9 Å². The van der Waals surface area contributed by atoms with E-state index >= 15 is 0 Å². The number of halogens is 2. The van der Waals surface area contributed by atoms with Gasteiger partial charge in [0.25, 0.3) is 0 Å². The topological polar surface area (TPSA) is 33.0 Å². The second-order valence-corrected chi connectivity index (χ2v) is 4.96. The molecule has 0 saturated heterocycles. The minimum atomic E-state index is -0.501. The molecule has 0 saturated carbocycles. The zero-order valence-corrected chi connectivity index (χ0v) is 11.7. The third-order valence-corrected chi connectivity index (χ3v) is 3.13. The number of benzene rings is 2. The SMILES string of the molecule is N#Cc1cc(COCc2ccc(Br)cc2)ccc1F. The summed E-state index contributed by atoms with van der Waals surface area (Å²) >= 11 is 3.37. The molecule has 0 radical (unpaired) electrons. The third-order valence-electron chi connectivity index (χ3n) is 2.60. The highest BCUT2D eigenvalue weighted by atomic mass is 79.9. The molecule has 0 atom stereocenters. The molecule has 0 aliphatic heterocycles. The van der Waals surface area contributed by atoms with Crippen molar-refractivity contribution in [1.82, 2.24) is 0 Å². The average Bonchev–Trinajstić information content (AvgIpc) is 2.43. The Labute approximate surface area is 119 Å². The first kappa shape index (κ1) is 13.7. The zero-order chi connectivity index (χ0) is 13.7. The summed E-state index contributed by atoms with van der Waals surface area (Å²) in [5.74, 6) is -0.501. The van der Waals surface area contributed by atoms with Gasteiger partial charge < -0.3 is 4.74 Å². The number of ether oxygens (including phenoxy) is 1. The van der Waals surface area contributed by atoms with Crippen LogP contribution in [0.3, 0.4) is 0 Å². The van der Waals surface area contributed by atoms with Crippen molar-refractivity contribution in [1.29, 1.82) is 5.26 Å².